The molecule has 3 N–H and O–H groups in total. The molecule has 0 spiro atoms. The molecule has 0 aromatic carbocycles. The third-order valence-electron chi connectivity index (χ3n) is 2.77. The van der Waals surface area contributed by atoms with Gasteiger partial charge < -0.3 is 25.0 Å². The topological polar surface area (TPSA) is 91.3 Å². The molecule has 0 aromatic rings. The van der Waals surface area contributed by atoms with E-state index in [4.69, 9.17) is 14.6 Å². The normalized spacial score (nSPS) is 36.6. The van der Waals surface area contributed by atoms with Gasteiger partial charge in [-0.1, -0.05) is 0 Å². The van der Waals surface area contributed by atoms with Crippen LogP contribution in [0.2, 0.25) is 0 Å². The number of urea groups is 1. The van der Waals surface area contributed by atoms with Gasteiger partial charge in [0.25, 0.3) is 0 Å². The van der Waals surface area contributed by atoms with E-state index in [1.807, 2.05) is 0 Å². The van der Waals surface area contributed by atoms with Crippen LogP contribution in [0.15, 0.2) is 12.0 Å². The van der Waals surface area contributed by atoms with Crippen molar-refractivity contribution in [1.82, 2.24) is 10.2 Å². The summed E-state index contributed by atoms with van der Waals surface area (Å²) in [5.74, 6) is -0.615. The number of rotatable bonds is 2. The largest absolute Gasteiger partial charge is 0.394 e. The third-order valence-corrected chi connectivity index (χ3v) is 2.77. The van der Waals surface area contributed by atoms with E-state index in [1.165, 1.54) is 0 Å². The highest BCUT2D eigenvalue weighted by atomic mass is 19.1. The van der Waals surface area contributed by atoms with Crippen LogP contribution < -0.4 is 5.32 Å². The molecule has 2 amide bonds. The zero-order valence-corrected chi connectivity index (χ0v) is 9.58. The van der Waals surface area contributed by atoms with Gasteiger partial charge in [-0.15, -0.1) is 0 Å². The lowest BCUT2D eigenvalue weighted by atomic mass is 10.2. The van der Waals surface area contributed by atoms with Gasteiger partial charge in [-0.3, -0.25) is 4.90 Å². The Balaban J connectivity index is 2.11. The Morgan fingerprint density at radius 2 is 2.39 bits per heavy atom. The summed E-state index contributed by atoms with van der Waals surface area (Å²) in [6, 6.07) is -0.583. The van der Waals surface area contributed by atoms with Gasteiger partial charge in [0.2, 0.25) is 0 Å². The quantitative estimate of drug-likeness (QED) is 0.610. The molecule has 7 nitrogen and oxygen atoms in total. The molecule has 0 aromatic heterocycles. The number of hydrogen-bond acceptors (Lipinski definition) is 5. The smallest absolute Gasteiger partial charge is 0.325 e. The molecule has 102 valence electrons. The van der Waals surface area contributed by atoms with Gasteiger partial charge in [0.05, 0.1) is 12.7 Å². The van der Waals surface area contributed by atoms with E-state index in [1.54, 1.807) is 0 Å². The Bertz CT molecular complexity index is 351. The highest BCUT2D eigenvalue weighted by molar-refractivity contribution is 5.75. The van der Waals surface area contributed by atoms with Crippen molar-refractivity contribution in [2.45, 2.75) is 24.9 Å². The first-order valence-electron chi connectivity index (χ1n) is 5.56. The fourth-order valence-corrected chi connectivity index (χ4v) is 1.86. The van der Waals surface area contributed by atoms with Gasteiger partial charge in [0, 0.05) is 12.6 Å². The van der Waals surface area contributed by atoms with Gasteiger partial charge in [-0.2, -0.15) is 0 Å². The maximum Gasteiger partial charge on any atom is 0.325 e. The maximum atomic E-state index is 13.3. The molecular weight excluding hydrogens is 247 g/mol. The number of nitrogens with zero attached hydrogens (tertiary/aromatic N) is 1. The van der Waals surface area contributed by atoms with E-state index >= 15 is 0 Å². The molecule has 2 aliphatic heterocycles. The summed E-state index contributed by atoms with van der Waals surface area (Å²) < 4.78 is 23.4. The summed E-state index contributed by atoms with van der Waals surface area (Å²) in [4.78, 5) is 12.7. The zero-order valence-electron chi connectivity index (χ0n) is 9.58. The van der Waals surface area contributed by atoms with Gasteiger partial charge in [-0.25, -0.2) is 9.18 Å². The molecule has 2 aliphatic rings. The summed E-state index contributed by atoms with van der Waals surface area (Å²) in [5, 5.41) is 21.0. The SMILES string of the molecule is O=C1NCOC/C(F)=C\N1C1C[C@@H](O)[C@@H](CO)O1. The molecule has 3 atom stereocenters. The number of carbonyl (C=O) groups is 1. The second kappa shape index (κ2) is 5.61. The molecule has 1 saturated heterocycles. The van der Waals surface area contributed by atoms with Crippen LogP contribution >= 0.6 is 0 Å². The molecule has 0 radical (unpaired) electrons. The minimum atomic E-state index is -0.883. The lowest BCUT2D eigenvalue weighted by Gasteiger charge is -2.26. The first kappa shape index (κ1) is 13.2. The molecule has 2 rings (SSSR count). The van der Waals surface area contributed by atoms with Crippen LogP contribution in [0.3, 0.4) is 0 Å². The summed E-state index contributed by atoms with van der Waals surface area (Å²) in [6.45, 7) is -0.701. The number of nitrogens with one attached hydrogen (secondary N) is 1. The van der Waals surface area contributed by atoms with Crippen LogP contribution in [0.5, 0.6) is 0 Å². The monoisotopic (exact) mass is 262 g/mol. The van der Waals surface area contributed by atoms with Crippen LogP contribution in [0.25, 0.3) is 0 Å². The molecule has 2 heterocycles. The summed E-state index contributed by atoms with van der Waals surface area (Å²) in [5.41, 5.74) is 0. The van der Waals surface area contributed by atoms with Gasteiger partial charge in [0.1, 0.15) is 31.5 Å². The number of aliphatic hydroxyl groups is 2. The van der Waals surface area contributed by atoms with Crippen LogP contribution in [-0.2, 0) is 9.47 Å². The minimum absolute atomic E-state index is 0.102. The first-order valence-corrected chi connectivity index (χ1v) is 5.56. The number of ether oxygens (including phenoxy) is 2. The molecule has 0 aliphatic carbocycles. The number of halogens is 1. The second-order valence-electron chi connectivity index (χ2n) is 4.07. The molecule has 18 heavy (non-hydrogen) atoms. The Morgan fingerprint density at radius 1 is 1.61 bits per heavy atom. The van der Waals surface area contributed by atoms with Crippen LogP contribution in [-0.4, -0.2) is 59.5 Å². The Hall–Kier alpha value is -1.22. The number of amides is 2. The average molecular weight is 262 g/mol. The number of carbonyl (C=O) groups excluding carboxylic acids is 1. The van der Waals surface area contributed by atoms with Crippen molar-refractivity contribution in [3.8, 4) is 0 Å². The van der Waals surface area contributed by atoms with Crippen molar-refractivity contribution in [3.63, 3.8) is 0 Å². The van der Waals surface area contributed by atoms with Crippen molar-refractivity contribution in [2.24, 2.45) is 0 Å². The van der Waals surface area contributed by atoms with E-state index in [2.05, 4.69) is 5.32 Å². The van der Waals surface area contributed by atoms with E-state index < -0.39 is 30.3 Å². The van der Waals surface area contributed by atoms with Crippen molar-refractivity contribution < 1.29 is 28.9 Å². The maximum absolute atomic E-state index is 13.3. The fourth-order valence-electron chi connectivity index (χ4n) is 1.86. The third kappa shape index (κ3) is 2.78. The minimum Gasteiger partial charge on any atom is -0.394 e. The highest BCUT2D eigenvalue weighted by Crippen LogP contribution is 2.24. The van der Waals surface area contributed by atoms with Gasteiger partial charge >= 0.3 is 6.03 Å². The zero-order chi connectivity index (χ0) is 13.1. The predicted molar refractivity (Wildman–Crippen MR) is 56.8 cm³/mol. The summed E-state index contributed by atoms with van der Waals surface area (Å²) in [7, 11) is 0. The average Bonchev–Trinajstić information content (AvgIpc) is 2.70. The van der Waals surface area contributed by atoms with E-state index in [0.29, 0.717) is 0 Å². The van der Waals surface area contributed by atoms with Crippen molar-refractivity contribution in [1.29, 1.82) is 0 Å². The van der Waals surface area contributed by atoms with E-state index in [9.17, 15) is 14.3 Å². The van der Waals surface area contributed by atoms with Crippen molar-refractivity contribution >= 4 is 6.03 Å². The van der Waals surface area contributed by atoms with Gasteiger partial charge in [0.15, 0.2) is 0 Å². The number of aliphatic hydroxyl groups excluding tert-OH is 2. The Kier molecular flexibility index (Phi) is 4.12. The fraction of sp³-hybridized carbons (Fsp3) is 0.700. The van der Waals surface area contributed by atoms with Crippen LogP contribution in [0.1, 0.15) is 6.42 Å². The van der Waals surface area contributed by atoms with Crippen molar-refractivity contribution in [2.75, 3.05) is 19.9 Å². The number of hydrogen-bond donors (Lipinski definition) is 3. The second-order valence-corrected chi connectivity index (χ2v) is 4.07. The predicted octanol–water partition coefficient (Wildman–Crippen LogP) is -0.735. The van der Waals surface area contributed by atoms with Crippen molar-refractivity contribution in [3.05, 3.63) is 12.0 Å². The Morgan fingerprint density at radius 3 is 3.06 bits per heavy atom. The van der Waals surface area contributed by atoms with Gasteiger partial charge in [-0.05, 0) is 0 Å². The standard InChI is InChI=1S/C10H15FN2O5/c11-6-2-13(10(16)12-5-17-4-6)9-1-7(15)8(3-14)18-9/h2,7-9,14-15H,1,3-5H2,(H,12,16)/b6-2+/t7-,8-,9?/m1/s1. The molecule has 1 fully saturated rings. The molecule has 0 saturated carbocycles. The molecule has 0 bridgehead atoms. The van der Waals surface area contributed by atoms with Crippen LogP contribution in [0, 0.1) is 0 Å². The van der Waals surface area contributed by atoms with Crippen LogP contribution in [0.4, 0.5) is 9.18 Å². The van der Waals surface area contributed by atoms with E-state index in [-0.39, 0.29) is 26.4 Å². The van der Waals surface area contributed by atoms with E-state index in [0.717, 1.165) is 11.1 Å². The lowest BCUT2D eigenvalue weighted by Crippen LogP contribution is -2.45. The first-order chi connectivity index (χ1) is 8.61. The molecule has 1 unspecified atom stereocenters. The highest BCUT2D eigenvalue weighted by Gasteiger charge is 2.38. The Labute approximate surface area is 103 Å². The summed E-state index contributed by atoms with van der Waals surface area (Å²) in [6.07, 6.45) is -1.36. The molecular formula is C10H15FN2O5. The summed E-state index contributed by atoms with van der Waals surface area (Å²) >= 11 is 0. The molecule has 8 heteroatoms. The lowest BCUT2D eigenvalue weighted by molar-refractivity contribution is -0.0554.